The standard InChI is InChI=1S/C14H25NO11/c1-4(18)15-7-9(20)12(6(3-17)24-13(7)23)26-14-11(22)10(21)8(19)5(2-16)25-14/h5-14,16-17,19-23H,2-3H2,1H3,(H,15,18)/t5-,6-,7-,8-,9-,10+,11-,12-,13?,14+/m1/s1/i1D. The Morgan fingerprint density at radius 2 is 1.65 bits per heavy atom. The Bertz CT molecular complexity index is 498. The molecule has 1 amide bonds. The third-order valence-corrected chi connectivity index (χ3v) is 4.34. The molecule has 2 aliphatic rings. The van der Waals surface area contributed by atoms with Crippen molar-refractivity contribution in [3.8, 4) is 0 Å². The summed E-state index contributed by atoms with van der Waals surface area (Å²) in [6.07, 6.45) is -14.1. The summed E-state index contributed by atoms with van der Waals surface area (Å²) in [5.41, 5.74) is 0. The summed E-state index contributed by atoms with van der Waals surface area (Å²) in [4.78, 5) is 11.4. The smallest absolute Gasteiger partial charge is 0.217 e. The van der Waals surface area contributed by atoms with Gasteiger partial charge in [-0.1, -0.05) is 0 Å². The van der Waals surface area contributed by atoms with Crippen molar-refractivity contribution in [2.24, 2.45) is 0 Å². The van der Waals surface area contributed by atoms with E-state index in [2.05, 4.69) is 5.32 Å². The molecule has 0 radical (unpaired) electrons. The highest BCUT2D eigenvalue weighted by Crippen LogP contribution is 2.28. The number of carbonyl (C=O) groups excluding carboxylic acids is 1. The number of amides is 1. The molecule has 10 atom stereocenters. The minimum Gasteiger partial charge on any atom is -0.394 e. The van der Waals surface area contributed by atoms with Crippen molar-refractivity contribution in [1.29, 1.82) is 0 Å². The largest absolute Gasteiger partial charge is 0.394 e. The fraction of sp³-hybridized carbons (Fsp3) is 0.929. The van der Waals surface area contributed by atoms with Gasteiger partial charge in [-0.3, -0.25) is 4.79 Å². The van der Waals surface area contributed by atoms with Gasteiger partial charge in [-0.2, -0.15) is 0 Å². The van der Waals surface area contributed by atoms with Crippen LogP contribution in [-0.4, -0.2) is 116 Å². The normalized spacial score (nSPS) is 47.3. The maximum Gasteiger partial charge on any atom is 0.217 e. The first kappa shape index (κ1) is 19.8. The number of rotatable bonds is 5. The Morgan fingerprint density at radius 3 is 2.23 bits per heavy atom. The zero-order valence-corrected chi connectivity index (χ0v) is 13.7. The molecule has 12 heteroatoms. The summed E-state index contributed by atoms with van der Waals surface area (Å²) < 4.78 is 22.7. The van der Waals surface area contributed by atoms with Gasteiger partial charge >= 0.3 is 0 Å². The molecule has 0 aromatic rings. The van der Waals surface area contributed by atoms with E-state index in [0.29, 0.717) is 0 Å². The summed E-state index contributed by atoms with van der Waals surface area (Å²) in [6.45, 7) is -2.08. The molecule has 0 aliphatic carbocycles. The molecular weight excluding hydrogens is 358 g/mol. The summed E-state index contributed by atoms with van der Waals surface area (Å²) in [5.74, 6) is -0.810. The first-order valence-electron chi connectivity index (χ1n) is 8.62. The van der Waals surface area contributed by atoms with Crippen molar-refractivity contribution in [2.45, 2.75) is 68.2 Å². The van der Waals surface area contributed by atoms with Crippen LogP contribution in [0.1, 0.15) is 8.27 Å². The van der Waals surface area contributed by atoms with Crippen LogP contribution >= 0.6 is 0 Å². The maximum atomic E-state index is 11.4. The monoisotopic (exact) mass is 384 g/mol. The van der Waals surface area contributed by atoms with Gasteiger partial charge < -0.3 is 55.3 Å². The van der Waals surface area contributed by atoms with Gasteiger partial charge in [0.2, 0.25) is 5.91 Å². The molecule has 0 spiro atoms. The third kappa shape index (κ3) is 4.31. The number of hydrogen-bond acceptors (Lipinski definition) is 11. The van der Waals surface area contributed by atoms with Crippen molar-refractivity contribution >= 4 is 5.91 Å². The van der Waals surface area contributed by atoms with Gasteiger partial charge in [-0.25, -0.2) is 0 Å². The van der Waals surface area contributed by atoms with Crippen molar-refractivity contribution in [3.63, 3.8) is 0 Å². The van der Waals surface area contributed by atoms with E-state index < -0.39 is 87.4 Å². The highest BCUT2D eigenvalue weighted by Gasteiger charge is 2.50. The second-order valence-electron chi connectivity index (χ2n) is 6.13. The molecule has 2 aliphatic heterocycles. The van der Waals surface area contributed by atoms with E-state index in [1.165, 1.54) is 0 Å². The van der Waals surface area contributed by atoms with Crippen LogP contribution < -0.4 is 5.32 Å². The average molecular weight is 384 g/mol. The molecule has 0 aromatic heterocycles. The Labute approximate surface area is 149 Å². The zero-order valence-electron chi connectivity index (χ0n) is 14.7. The van der Waals surface area contributed by atoms with Crippen LogP contribution in [0.5, 0.6) is 0 Å². The van der Waals surface area contributed by atoms with Crippen LogP contribution in [0.3, 0.4) is 0 Å². The highest BCUT2D eigenvalue weighted by atomic mass is 16.7. The predicted octanol–water partition coefficient (Wildman–Crippen LogP) is -5.25. The molecule has 152 valence electrons. The number of hydrogen-bond donors (Lipinski definition) is 8. The van der Waals surface area contributed by atoms with Gasteiger partial charge in [0.25, 0.3) is 0 Å². The van der Waals surface area contributed by atoms with Gasteiger partial charge in [0, 0.05) is 8.27 Å². The number of ether oxygens (including phenoxy) is 3. The molecular formula is C14H25NO11. The highest BCUT2D eigenvalue weighted by molar-refractivity contribution is 5.73. The summed E-state index contributed by atoms with van der Waals surface area (Å²) in [6, 6.07) is -1.40. The lowest BCUT2D eigenvalue weighted by atomic mass is 9.95. The molecule has 0 saturated carbocycles. The Morgan fingerprint density at radius 1 is 1.00 bits per heavy atom. The fourth-order valence-corrected chi connectivity index (χ4v) is 2.93. The van der Waals surface area contributed by atoms with Crippen LogP contribution in [0.4, 0.5) is 0 Å². The Kier molecular flexibility index (Phi) is 6.74. The van der Waals surface area contributed by atoms with Gasteiger partial charge in [0.15, 0.2) is 12.6 Å². The number of aliphatic hydroxyl groups is 7. The Balaban J connectivity index is 2.16. The molecule has 8 N–H and O–H groups in total. The first-order chi connectivity index (χ1) is 12.7. The second kappa shape index (κ2) is 8.84. The average Bonchev–Trinajstić information content (AvgIpc) is 2.66. The van der Waals surface area contributed by atoms with E-state index in [4.69, 9.17) is 15.6 Å². The molecule has 2 rings (SSSR count). The Hall–Kier alpha value is -0.930. The molecule has 2 fully saturated rings. The molecule has 0 bridgehead atoms. The molecule has 26 heavy (non-hydrogen) atoms. The lowest BCUT2D eigenvalue weighted by Gasteiger charge is -2.46. The van der Waals surface area contributed by atoms with Crippen LogP contribution in [0.2, 0.25) is 0 Å². The SMILES string of the molecule is [2H]CC(=O)N[C@H]1C(O)O[C@H](CO)[C@@H](O[C@@H]2O[C@H](CO)[C@@H](O)[C@H](O)[C@H]2O)[C@@H]1O. The zero-order chi connectivity index (χ0) is 20.3. The predicted molar refractivity (Wildman–Crippen MR) is 80.2 cm³/mol. The van der Waals surface area contributed by atoms with Crippen LogP contribution in [0.15, 0.2) is 0 Å². The number of carbonyl (C=O) groups is 1. The van der Waals surface area contributed by atoms with Gasteiger partial charge in [-0.15, -0.1) is 0 Å². The maximum absolute atomic E-state index is 11.4. The lowest BCUT2D eigenvalue weighted by Crippen LogP contribution is -2.67. The summed E-state index contributed by atoms with van der Waals surface area (Å²) >= 11 is 0. The number of nitrogens with one attached hydrogen (secondary N) is 1. The van der Waals surface area contributed by atoms with Crippen LogP contribution in [0.25, 0.3) is 0 Å². The molecule has 2 heterocycles. The molecule has 0 aromatic carbocycles. The topological polar surface area (TPSA) is 198 Å². The van der Waals surface area contributed by atoms with Gasteiger partial charge in [0.1, 0.15) is 48.8 Å². The van der Waals surface area contributed by atoms with Crippen molar-refractivity contribution in [3.05, 3.63) is 0 Å². The third-order valence-electron chi connectivity index (χ3n) is 4.34. The van der Waals surface area contributed by atoms with E-state index in [9.17, 15) is 40.5 Å². The second-order valence-corrected chi connectivity index (χ2v) is 6.13. The minimum atomic E-state index is -1.76. The van der Waals surface area contributed by atoms with Crippen molar-refractivity contribution in [2.75, 3.05) is 13.2 Å². The van der Waals surface area contributed by atoms with Crippen molar-refractivity contribution < 1.29 is 56.1 Å². The van der Waals surface area contributed by atoms with E-state index in [-0.39, 0.29) is 0 Å². The van der Waals surface area contributed by atoms with E-state index >= 15 is 0 Å². The first-order valence-corrected chi connectivity index (χ1v) is 7.92. The van der Waals surface area contributed by atoms with Crippen molar-refractivity contribution in [1.82, 2.24) is 5.32 Å². The van der Waals surface area contributed by atoms with Crippen LogP contribution in [-0.2, 0) is 19.0 Å². The lowest BCUT2D eigenvalue weighted by molar-refractivity contribution is -0.345. The van der Waals surface area contributed by atoms with E-state index in [1.54, 1.807) is 0 Å². The van der Waals surface area contributed by atoms with E-state index in [0.717, 1.165) is 0 Å². The summed E-state index contributed by atoms with van der Waals surface area (Å²) in [7, 11) is 0. The quantitative estimate of drug-likeness (QED) is 0.225. The van der Waals surface area contributed by atoms with Gasteiger partial charge in [-0.05, 0) is 0 Å². The molecule has 1 unspecified atom stereocenters. The minimum absolute atomic E-state index is 0.669. The fourth-order valence-electron chi connectivity index (χ4n) is 2.93. The van der Waals surface area contributed by atoms with Gasteiger partial charge in [0.05, 0.1) is 13.2 Å². The van der Waals surface area contributed by atoms with E-state index in [1.807, 2.05) is 0 Å². The molecule has 2 saturated heterocycles. The summed E-state index contributed by atoms with van der Waals surface area (Å²) in [5, 5.41) is 70.8. The van der Waals surface area contributed by atoms with Crippen LogP contribution in [0, 0.1) is 0 Å². The number of aliphatic hydroxyl groups excluding tert-OH is 7. The molecule has 12 nitrogen and oxygen atoms in total.